The van der Waals surface area contributed by atoms with Crippen molar-refractivity contribution in [1.82, 2.24) is 0 Å². The van der Waals surface area contributed by atoms with Crippen LogP contribution in [0.3, 0.4) is 0 Å². The SMILES string of the molecule is C=C1/C(=C\C=C2/CCC[C@]3(C)[C@@H]([C@H](C)/C=C/[C@@H](O)C4(CCCCCCC)CC4)CC[C@@H]23)C[C@@H](O)C[C@@H]1O. The third-order valence-electron chi connectivity index (χ3n) is 10.8. The normalized spacial score (nSPS) is 37.3. The van der Waals surface area contributed by atoms with Crippen LogP contribution in [-0.4, -0.2) is 33.6 Å². The van der Waals surface area contributed by atoms with Crippen molar-refractivity contribution in [3.8, 4) is 0 Å². The van der Waals surface area contributed by atoms with Crippen LogP contribution in [0.5, 0.6) is 0 Å². The van der Waals surface area contributed by atoms with Crippen LogP contribution in [0, 0.1) is 28.6 Å². The first-order chi connectivity index (χ1) is 17.7. The van der Waals surface area contributed by atoms with Crippen molar-refractivity contribution in [2.45, 2.75) is 135 Å². The maximum Gasteiger partial charge on any atom is 0.0811 e. The van der Waals surface area contributed by atoms with Crippen molar-refractivity contribution in [3.05, 3.63) is 47.6 Å². The predicted octanol–water partition coefficient (Wildman–Crippen LogP) is 7.82. The van der Waals surface area contributed by atoms with Crippen LogP contribution >= 0.6 is 0 Å². The number of unbranched alkanes of at least 4 members (excludes halogenated alkanes) is 4. The first-order valence-electron chi connectivity index (χ1n) is 15.5. The van der Waals surface area contributed by atoms with Crippen molar-refractivity contribution in [1.29, 1.82) is 0 Å². The quantitative estimate of drug-likeness (QED) is 0.196. The maximum atomic E-state index is 11.1. The summed E-state index contributed by atoms with van der Waals surface area (Å²) < 4.78 is 0. The maximum absolute atomic E-state index is 11.1. The molecule has 0 radical (unpaired) electrons. The fourth-order valence-electron chi connectivity index (χ4n) is 8.16. The molecular formula is C34H54O3. The summed E-state index contributed by atoms with van der Waals surface area (Å²) in [6.07, 6.45) is 24.8. The Morgan fingerprint density at radius 2 is 1.78 bits per heavy atom. The number of hydrogen-bond donors (Lipinski definition) is 3. The third kappa shape index (κ3) is 6.53. The number of rotatable bonds is 11. The monoisotopic (exact) mass is 510 g/mol. The number of allylic oxidation sites excluding steroid dienone is 4. The van der Waals surface area contributed by atoms with E-state index in [0.29, 0.717) is 36.0 Å². The number of aliphatic hydroxyl groups excluding tert-OH is 3. The van der Waals surface area contributed by atoms with Crippen LogP contribution in [0.1, 0.15) is 117 Å². The standard InChI is InChI=1S/C34H54O3/c1-5-6-7-8-9-19-34(20-21-34)32(37)17-12-24(2)29-15-16-30-26(11-10-18-33(29,30)4)13-14-27-22-28(35)23-31(36)25(27)3/h12-14,17,24,28-32,35-37H,3,5-11,15-16,18-23H2,1-2,4H3/b17-12+,26-13+,27-14-/t24-,28-,29-,30+,31+,32-,33-/m1/s1. The van der Waals surface area contributed by atoms with Crippen LogP contribution in [0.2, 0.25) is 0 Å². The molecule has 4 aliphatic carbocycles. The Morgan fingerprint density at radius 3 is 2.51 bits per heavy atom. The van der Waals surface area contributed by atoms with Gasteiger partial charge in [0.05, 0.1) is 18.3 Å². The van der Waals surface area contributed by atoms with Crippen molar-refractivity contribution in [2.75, 3.05) is 0 Å². The summed E-state index contributed by atoms with van der Waals surface area (Å²) in [4.78, 5) is 0. The second-order valence-corrected chi connectivity index (χ2v) is 13.4. The van der Waals surface area contributed by atoms with Gasteiger partial charge >= 0.3 is 0 Å². The molecule has 0 bridgehead atoms. The van der Waals surface area contributed by atoms with E-state index in [1.807, 2.05) is 0 Å². The molecule has 3 nitrogen and oxygen atoms in total. The van der Waals surface area contributed by atoms with E-state index in [4.69, 9.17) is 0 Å². The van der Waals surface area contributed by atoms with E-state index in [-0.39, 0.29) is 11.5 Å². The van der Waals surface area contributed by atoms with Gasteiger partial charge in [-0.3, -0.25) is 0 Å². The van der Waals surface area contributed by atoms with E-state index in [9.17, 15) is 15.3 Å². The van der Waals surface area contributed by atoms with Gasteiger partial charge < -0.3 is 15.3 Å². The Labute approximate surface area is 226 Å². The molecule has 0 aromatic rings. The van der Waals surface area contributed by atoms with Crippen molar-refractivity contribution < 1.29 is 15.3 Å². The highest BCUT2D eigenvalue weighted by molar-refractivity contribution is 5.38. The molecule has 3 N–H and O–H groups in total. The van der Waals surface area contributed by atoms with E-state index >= 15 is 0 Å². The van der Waals surface area contributed by atoms with Crippen LogP contribution in [0.25, 0.3) is 0 Å². The summed E-state index contributed by atoms with van der Waals surface area (Å²) in [5, 5.41) is 31.4. The summed E-state index contributed by atoms with van der Waals surface area (Å²) in [6.45, 7) is 11.2. The Hall–Kier alpha value is -1.16. The van der Waals surface area contributed by atoms with Gasteiger partial charge in [0.1, 0.15) is 0 Å². The molecule has 0 aliphatic heterocycles. The minimum atomic E-state index is -0.625. The molecule has 0 unspecified atom stereocenters. The smallest absolute Gasteiger partial charge is 0.0811 e. The van der Waals surface area contributed by atoms with Crippen molar-refractivity contribution in [3.63, 3.8) is 0 Å². The third-order valence-corrected chi connectivity index (χ3v) is 10.8. The summed E-state index contributed by atoms with van der Waals surface area (Å²) >= 11 is 0. The molecule has 4 rings (SSSR count). The number of aliphatic hydroxyl groups is 3. The average molecular weight is 511 g/mol. The highest BCUT2D eigenvalue weighted by Gasteiger charge is 2.51. The highest BCUT2D eigenvalue weighted by atomic mass is 16.3. The van der Waals surface area contributed by atoms with Crippen molar-refractivity contribution >= 4 is 0 Å². The Bertz CT molecular complexity index is 877. The average Bonchev–Trinajstić information content (AvgIpc) is 3.57. The van der Waals surface area contributed by atoms with Crippen LogP contribution < -0.4 is 0 Å². The van der Waals surface area contributed by atoms with Gasteiger partial charge in [0.2, 0.25) is 0 Å². The second kappa shape index (κ2) is 12.3. The van der Waals surface area contributed by atoms with Gasteiger partial charge in [-0.25, -0.2) is 0 Å². The molecule has 37 heavy (non-hydrogen) atoms. The lowest BCUT2D eigenvalue weighted by molar-refractivity contribution is 0.0862. The zero-order valence-electron chi connectivity index (χ0n) is 23.9. The molecule has 0 aromatic heterocycles. The molecule has 7 atom stereocenters. The minimum Gasteiger partial charge on any atom is -0.393 e. The lowest BCUT2D eigenvalue weighted by Crippen LogP contribution is -2.35. The molecule has 4 saturated carbocycles. The number of fused-ring (bicyclic) bond motifs is 1. The molecular weight excluding hydrogens is 456 g/mol. The minimum absolute atomic E-state index is 0.170. The summed E-state index contributed by atoms with van der Waals surface area (Å²) in [6, 6.07) is 0. The van der Waals surface area contributed by atoms with E-state index in [2.05, 4.69) is 51.7 Å². The van der Waals surface area contributed by atoms with E-state index < -0.39 is 12.2 Å². The Morgan fingerprint density at radius 1 is 1.03 bits per heavy atom. The molecule has 208 valence electrons. The van der Waals surface area contributed by atoms with Crippen LogP contribution in [-0.2, 0) is 0 Å². The summed E-state index contributed by atoms with van der Waals surface area (Å²) in [5.74, 6) is 1.73. The molecule has 0 spiro atoms. The molecule has 0 saturated heterocycles. The van der Waals surface area contributed by atoms with Gasteiger partial charge in [0.25, 0.3) is 0 Å². The lowest BCUT2D eigenvalue weighted by Gasteiger charge is -2.44. The van der Waals surface area contributed by atoms with E-state index in [1.54, 1.807) is 5.57 Å². The summed E-state index contributed by atoms with van der Waals surface area (Å²) in [5.41, 5.74) is 3.80. The number of hydrogen-bond acceptors (Lipinski definition) is 3. The fourth-order valence-corrected chi connectivity index (χ4v) is 8.16. The van der Waals surface area contributed by atoms with E-state index in [0.717, 1.165) is 17.6 Å². The van der Waals surface area contributed by atoms with Gasteiger partial charge in [-0.15, -0.1) is 0 Å². The van der Waals surface area contributed by atoms with Gasteiger partial charge in [0, 0.05) is 6.42 Å². The molecule has 0 heterocycles. The molecule has 0 amide bonds. The zero-order valence-corrected chi connectivity index (χ0v) is 23.9. The first-order valence-corrected chi connectivity index (χ1v) is 15.5. The Kier molecular flexibility index (Phi) is 9.62. The van der Waals surface area contributed by atoms with Gasteiger partial charge in [-0.2, -0.15) is 0 Å². The zero-order chi connectivity index (χ0) is 26.6. The first kappa shape index (κ1) is 28.8. The molecule has 3 heteroatoms. The van der Waals surface area contributed by atoms with Gasteiger partial charge in [0.15, 0.2) is 0 Å². The molecule has 0 aromatic carbocycles. The fraction of sp³-hybridized carbons (Fsp3) is 0.765. The highest BCUT2D eigenvalue weighted by Crippen LogP contribution is 2.60. The molecule has 4 fully saturated rings. The largest absolute Gasteiger partial charge is 0.393 e. The Balaban J connectivity index is 1.37. The van der Waals surface area contributed by atoms with Gasteiger partial charge in [-0.1, -0.05) is 89.3 Å². The van der Waals surface area contributed by atoms with Gasteiger partial charge in [-0.05, 0) is 97.5 Å². The van der Waals surface area contributed by atoms with E-state index in [1.165, 1.54) is 77.0 Å². The van der Waals surface area contributed by atoms with Crippen molar-refractivity contribution in [2.24, 2.45) is 28.6 Å². The topological polar surface area (TPSA) is 60.7 Å². The van der Waals surface area contributed by atoms with Crippen LogP contribution in [0.15, 0.2) is 47.6 Å². The second-order valence-electron chi connectivity index (χ2n) is 13.4. The predicted molar refractivity (Wildman–Crippen MR) is 154 cm³/mol. The van der Waals surface area contributed by atoms with Crippen LogP contribution in [0.4, 0.5) is 0 Å². The summed E-state index contributed by atoms with van der Waals surface area (Å²) in [7, 11) is 0. The molecule has 4 aliphatic rings. The lowest BCUT2D eigenvalue weighted by atomic mass is 9.61.